The molecule has 0 aliphatic heterocycles. The fourth-order valence-corrected chi connectivity index (χ4v) is 3.20. The van der Waals surface area contributed by atoms with E-state index in [9.17, 15) is 13.5 Å². The molecule has 0 saturated heterocycles. The Morgan fingerprint density at radius 1 is 0.963 bits per heavy atom. The average molecular weight is 384 g/mol. The molecule has 0 fully saturated rings. The van der Waals surface area contributed by atoms with E-state index in [0.717, 1.165) is 0 Å². The number of rotatable bonds is 6. The molecule has 3 N–H and O–H groups in total. The van der Waals surface area contributed by atoms with Crippen molar-refractivity contribution in [3.05, 3.63) is 72.4 Å². The molecule has 3 aromatic rings. The summed E-state index contributed by atoms with van der Waals surface area (Å²) in [6.45, 7) is -0.314. The van der Waals surface area contributed by atoms with Gasteiger partial charge in [-0.3, -0.25) is 4.72 Å². The molecule has 9 heteroatoms. The van der Waals surface area contributed by atoms with E-state index in [1.165, 1.54) is 42.6 Å². The number of anilines is 1. The third kappa shape index (κ3) is 4.66. The van der Waals surface area contributed by atoms with Crippen LogP contribution < -0.4 is 4.72 Å². The van der Waals surface area contributed by atoms with Gasteiger partial charge in [0.1, 0.15) is 11.6 Å². The summed E-state index contributed by atoms with van der Waals surface area (Å²) in [5.41, 5.74) is 1.24. The van der Waals surface area contributed by atoms with Crippen molar-refractivity contribution in [3.63, 3.8) is 0 Å². The summed E-state index contributed by atoms with van der Waals surface area (Å²) in [6.07, 6.45) is 1.49. The van der Waals surface area contributed by atoms with Crippen molar-refractivity contribution in [1.82, 2.24) is 4.98 Å². The summed E-state index contributed by atoms with van der Waals surface area (Å²) in [6, 6.07) is 15.3. The first-order chi connectivity index (χ1) is 13.0. The Labute approximate surface area is 155 Å². The highest BCUT2D eigenvalue weighted by atomic mass is 32.2. The van der Waals surface area contributed by atoms with Crippen molar-refractivity contribution < 1.29 is 18.6 Å². The Kier molecular flexibility index (Phi) is 5.43. The van der Waals surface area contributed by atoms with Gasteiger partial charge < -0.3 is 10.2 Å². The van der Waals surface area contributed by atoms with Crippen LogP contribution in [0.5, 0.6) is 5.75 Å². The van der Waals surface area contributed by atoms with E-state index in [2.05, 4.69) is 19.9 Å². The van der Waals surface area contributed by atoms with Crippen LogP contribution in [0.2, 0.25) is 0 Å². The minimum atomic E-state index is -3.75. The highest BCUT2D eigenvalue weighted by molar-refractivity contribution is 7.92. The van der Waals surface area contributed by atoms with Gasteiger partial charge >= 0.3 is 0 Å². The summed E-state index contributed by atoms with van der Waals surface area (Å²) in [7, 11) is -3.75. The topological polar surface area (TPSA) is 124 Å². The van der Waals surface area contributed by atoms with Crippen LogP contribution in [0.25, 0.3) is 0 Å². The maximum atomic E-state index is 12.3. The molecule has 138 valence electrons. The molecule has 0 amide bonds. The van der Waals surface area contributed by atoms with Crippen LogP contribution in [-0.4, -0.2) is 23.6 Å². The highest BCUT2D eigenvalue weighted by Gasteiger charge is 2.14. The standard InChI is InChI=1S/C18H16N4O4S/c23-12-13-11-15(6-9-17(13)24)21-20-14-4-7-16(8-5-14)27(25,26)22-18-3-1-2-10-19-18/h1-11,23-24H,12H2,(H,19,22)/b21-20+. The predicted molar refractivity (Wildman–Crippen MR) is 99.7 cm³/mol. The molecular weight excluding hydrogens is 368 g/mol. The molecule has 0 aliphatic rings. The maximum absolute atomic E-state index is 12.3. The van der Waals surface area contributed by atoms with E-state index in [4.69, 9.17) is 5.11 Å². The number of nitrogens with zero attached hydrogens (tertiary/aromatic N) is 3. The lowest BCUT2D eigenvalue weighted by molar-refractivity contribution is 0.275. The van der Waals surface area contributed by atoms with E-state index >= 15 is 0 Å². The van der Waals surface area contributed by atoms with Crippen LogP contribution in [-0.2, 0) is 16.6 Å². The van der Waals surface area contributed by atoms with Gasteiger partial charge in [-0.2, -0.15) is 10.2 Å². The van der Waals surface area contributed by atoms with E-state index in [1.54, 1.807) is 24.3 Å². The number of aromatic hydroxyl groups is 1. The van der Waals surface area contributed by atoms with Gasteiger partial charge in [0.2, 0.25) is 0 Å². The molecule has 0 unspecified atom stereocenters. The Balaban J connectivity index is 1.75. The molecule has 2 aromatic carbocycles. The van der Waals surface area contributed by atoms with E-state index in [-0.39, 0.29) is 23.1 Å². The Morgan fingerprint density at radius 3 is 2.33 bits per heavy atom. The zero-order valence-corrected chi connectivity index (χ0v) is 14.8. The monoisotopic (exact) mass is 384 g/mol. The maximum Gasteiger partial charge on any atom is 0.263 e. The molecule has 0 aliphatic carbocycles. The lowest BCUT2D eigenvalue weighted by Gasteiger charge is -2.07. The van der Waals surface area contributed by atoms with Crippen molar-refractivity contribution in [1.29, 1.82) is 0 Å². The van der Waals surface area contributed by atoms with Crippen LogP contribution in [0.15, 0.2) is 82.0 Å². The quantitative estimate of drug-likeness (QED) is 0.561. The van der Waals surface area contributed by atoms with Crippen molar-refractivity contribution >= 4 is 27.2 Å². The predicted octanol–water partition coefficient (Wildman–Crippen LogP) is 3.50. The Hall–Kier alpha value is -3.30. The number of aliphatic hydroxyl groups excluding tert-OH is 1. The number of azo groups is 1. The van der Waals surface area contributed by atoms with Crippen molar-refractivity contribution in [2.24, 2.45) is 10.2 Å². The molecule has 3 rings (SSSR count). The van der Waals surface area contributed by atoms with Crippen molar-refractivity contribution in [2.75, 3.05) is 4.72 Å². The number of hydrogen-bond acceptors (Lipinski definition) is 7. The zero-order valence-electron chi connectivity index (χ0n) is 14.0. The van der Waals surface area contributed by atoms with Crippen LogP contribution in [0.3, 0.4) is 0 Å². The lowest BCUT2D eigenvalue weighted by Crippen LogP contribution is -2.13. The molecule has 1 aromatic heterocycles. The lowest BCUT2D eigenvalue weighted by atomic mass is 10.2. The third-order valence-corrected chi connectivity index (χ3v) is 4.94. The van der Waals surface area contributed by atoms with Gasteiger partial charge in [-0.15, -0.1) is 0 Å². The number of aliphatic hydroxyl groups is 1. The highest BCUT2D eigenvalue weighted by Crippen LogP contribution is 2.25. The number of phenols is 1. The van der Waals surface area contributed by atoms with Gasteiger partial charge in [0.05, 0.1) is 22.9 Å². The summed E-state index contributed by atoms with van der Waals surface area (Å²) < 4.78 is 27.1. The SMILES string of the molecule is O=S(=O)(Nc1ccccn1)c1ccc(/N=N/c2ccc(O)c(CO)c2)cc1. The first-order valence-corrected chi connectivity index (χ1v) is 9.35. The van der Waals surface area contributed by atoms with Crippen LogP contribution in [0.1, 0.15) is 5.56 Å². The summed E-state index contributed by atoms with van der Waals surface area (Å²) in [5.74, 6) is 0.208. The molecule has 0 radical (unpaired) electrons. The normalized spacial score (nSPS) is 11.6. The van der Waals surface area contributed by atoms with Gasteiger partial charge in [-0.05, 0) is 54.6 Å². The molecule has 0 saturated carbocycles. The fourth-order valence-electron chi connectivity index (χ4n) is 2.19. The van der Waals surface area contributed by atoms with Gasteiger partial charge in [0.15, 0.2) is 0 Å². The molecule has 1 heterocycles. The van der Waals surface area contributed by atoms with Crippen LogP contribution in [0.4, 0.5) is 17.2 Å². The van der Waals surface area contributed by atoms with Crippen molar-refractivity contribution in [3.8, 4) is 5.75 Å². The first kappa shape index (κ1) is 18.5. The number of benzene rings is 2. The summed E-state index contributed by atoms with van der Waals surface area (Å²) >= 11 is 0. The molecule has 27 heavy (non-hydrogen) atoms. The van der Waals surface area contributed by atoms with E-state index in [0.29, 0.717) is 16.9 Å². The average Bonchev–Trinajstić information content (AvgIpc) is 2.68. The largest absolute Gasteiger partial charge is 0.508 e. The number of hydrogen-bond donors (Lipinski definition) is 3. The number of pyridine rings is 1. The first-order valence-electron chi connectivity index (χ1n) is 7.86. The number of aromatic nitrogens is 1. The zero-order chi connectivity index (χ0) is 19.3. The minimum absolute atomic E-state index is 0.0218. The van der Waals surface area contributed by atoms with Gasteiger partial charge in [-0.25, -0.2) is 13.4 Å². The summed E-state index contributed by atoms with van der Waals surface area (Å²) in [5, 5.41) is 26.7. The molecule has 0 atom stereocenters. The van der Waals surface area contributed by atoms with Gasteiger partial charge in [0.25, 0.3) is 10.0 Å². The molecular formula is C18H16N4O4S. The van der Waals surface area contributed by atoms with Gasteiger partial charge in [0, 0.05) is 11.8 Å². The van der Waals surface area contributed by atoms with Crippen LogP contribution >= 0.6 is 0 Å². The minimum Gasteiger partial charge on any atom is -0.508 e. The van der Waals surface area contributed by atoms with Gasteiger partial charge in [-0.1, -0.05) is 6.07 Å². The molecule has 8 nitrogen and oxygen atoms in total. The third-order valence-electron chi connectivity index (χ3n) is 3.57. The van der Waals surface area contributed by atoms with Crippen molar-refractivity contribution in [2.45, 2.75) is 11.5 Å². The Bertz CT molecular complexity index is 1050. The second-order valence-corrected chi connectivity index (χ2v) is 7.17. The van der Waals surface area contributed by atoms with Crippen LogP contribution in [0, 0.1) is 0 Å². The van der Waals surface area contributed by atoms with E-state index < -0.39 is 10.0 Å². The second kappa shape index (κ2) is 7.94. The number of nitrogens with one attached hydrogen (secondary N) is 1. The smallest absolute Gasteiger partial charge is 0.263 e. The molecule has 0 spiro atoms. The summed E-state index contributed by atoms with van der Waals surface area (Å²) in [4.78, 5) is 4.00. The fraction of sp³-hybridized carbons (Fsp3) is 0.0556. The molecule has 0 bridgehead atoms. The van der Waals surface area contributed by atoms with E-state index in [1.807, 2.05) is 0 Å². The second-order valence-electron chi connectivity index (χ2n) is 5.49. The number of sulfonamides is 1. The Morgan fingerprint density at radius 2 is 1.67 bits per heavy atom.